The molecule has 0 aliphatic heterocycles. The number of hydrogen-bond acceptors (Lipinski definition) is 2. The number of hydrogen-bond donors (Lipinski definition) is 0. The van der Waals surface area contributed by atoms with Crippen LogP contribution in [0.25, 0.3) is 10.9 Å². The lowest BCUT2D eigenvalue weighted by atomic mass is 9.95. The lowest BCUT2D eigenvalue weighted by Crippen LogP contribution is -2.13. The van der Waals surface area contributed by atoms with E-state index >= 15 is 0 Å². The molecule has 26 heavy (non-hydrogen) atoms. The molecule has 1 aromatic heterocycles. The largest absolute Gasteiger partial charge is 0.268 e. The van der Waals surface area contributed by atoms with Crippen LogP contribution in [-0.2, 0) is 16.4 Å². The van der Waals surface area contributed by atoms with Gasteiger partial charge < -0.3 is 0 Å². The van der Waals surface area contributed by atoms with Gasteiger partial charge in [-0.25, -0.2) is 12.4 Å². The molecule has 1 heterocycles. The number of fused-ring (bicyclic) bond motifs is 3. The van der Waals surface area contributed by atoms with E-state index in [2.05, 4.69) is 26.8 Å². The zero-order chi connectivity index (χ0) is 18.6. The Morgan fingerprint density at radius 1 is 1.08 bits per heavy atom. The fraction of sp³-hybridized carbons (Fsp3) is 0.364. The van der Waals surface area contributed by atoms with Crippen molar-refractivity contribution in [2.75, 3.05) is 0 Å². The lowest BCUT2D eigenvalue weighted by molar-refractivity contribution is 0.589. The highest BCUT2D eigenvalue weighted by Gasteiger charge is 2.31. The molecule has 3 nitrogen and oxygen atoms in total. The van der Waals surface area contributed by atoms with Gasteiger partial charge in [0.15, 0.2) is 0 Å². The average Bonchev–Trinajstić information content (AvgIpc) is 3.16. The van der Waals surface area contributed by atoms with E-state index in [1.165, 1.54) is 20.7 Å². The van der Waals surface area contributed by atoms with Crippen molar-refractivity contribution in [2.45, 2.75) is 57.3 Å². The van der Waals surface area contributed by atoms with Crippen molar-refractivity contribution in [2.24, 2.45) is 0 Å². The minimum Gasteiger partial charge on any atom is -0.241 e. The quantitative estimate of drug-likeness (QED) is 0.625. The van der Waals surface area contributed by atoms with Crippen LogP contribution in [0, 0.1) is 6.92 Å². The van der Waals surface area contributed by atoms with Crippen LogP contribution in [0.3, 0.4) is 0 Å². The van der Waals surface area contributed by atoms with E-state index in [0.717, 1.165) is 29.3 Å². The predicted octanol–water partition coefficient (Wildman–Crippen LogP) is 5.36. The molecule has 1 aliphatic carbocycles. The van der Waals surface area contributed by atoms with Crippen LogP contribution in [0.5, 0.6) is 0 Å². The zero-order valence-electron chi connectivity index (χ0n) is 15.8. The molecule has 4 heteroatoms. The van der Waals surface area contributed by atoms with Crippen molar-refractivity contribution in [3.8, 4) is 0 Å². The Labute approximate surface area is 155 Å². The molecule has 0 bridgehead atoms. The smallest absolute Gasteiger partial charge is 0.241 e. The number of rotatable bonds is 3. The normalized spacial score (nSPS) is 19.8. The van der Waals surface area contributed by atoms with Crippen LogP contribution >= 0.6 is 0 Å². The maximum absolute atomic E-state index is 13.4. The summed E-state index contributed by atoms with van der Waals surface area (Å²) < 4.78 is 28.3. The summed E-state index contributed by atoms with van der Waals surface area (Å²) in [5.41, 5.74) is 5.71. The van der Waals surface area contributed by atoms with E-state index in [1.54, 1.807) is 18.3 Å². The molecule has 0 saturated carbocycles. The highest BCUT2D eigenvalue weighted by atomic mass is 32.2. The van der Waals surface area contributed by atoms with Crippen LogP contribution in [-0.4, -0.2) is 12.4 Å². The Morgan fingerprint density at radius 2 is 1.77 bits per heavy atom. The lowest BCUT2D eigenvalue weighted by Gasteiger charge is -2.15. The van der Waals surface area contributed by atoms with Crippen molar-refractivity contribution in [1.82, 2.24) is 3.97 Å². The van der Waals surface area contributed by atoms with Gasteiger partial charge in [0.2, 0.25) is 0 Å². The second-order valence-corrected chi connectivity index (χ2v) is 9.44. The Hall–Kier alpha value is -2.07. The van der Waals surface area contributed by atoms with Crippen molar-refractivity contribution in [3.05, 3.63) is 64.8 Å². The number of aromatic nitrogens is 1. The van der Waals surface area contributed by atoms with Gasteiger partial charge in [-0.1, -0.05) is 44.5 Å². The van der Waals surface area contributed by atoms with E-state index in [1.807, 2.05) is 25.1 Å². The molecule has 1 aliphatic rings. The summed E-state index contributed by atoms with van der Waals surface area (Å²) in [4.78, 5) is 0.343. The first-order valence-electron chi connectivity index (χ1n) is 9.33. The van der Waals surface area contributed by atoms with Crippen molar-refractivity contribution in [3.63, 3.8) is 0 Å². The summed E-state index contributed by atoms with van der Waals surface area (Å²) in [6, 6.07) is 11.4. The maximum atomic E-state index is 13.4. The first-order valence-corrected chi connectivity index (χ1v) is 10.8. The summed E-state index contributed by atoms with van der Waals surface area (Å²) in [6.07, 6.45) is 3.71. The predicted molar refractivity (Wildman–Crippen MR) is 107 cm³/mol. The highest BCUT2D eigenvalue weighted by Crippen LogP contribution is 2.46. The average molecular weight is 368 g/mol. The van der Waals surface area contributed by atoms with Gasteiger partial charge in [-0.15, -0.1) is 0 Å². The topological polar surface area (TPSA) is 39.1 Å². The Bertz CT molecular complexity index is 1090. The molecule has 0 fully saturated rings. The van der Waals surface area contributed by atoms with Crippen LogP contribution in [0.2, 0.25) is 0 Å². The van der Waals surface area contributed by atoms with E-state index in [0.29, 0.717) is 16.7 Å². The number of nitrogens with zero attached hydrogens (tertiary/aromatic N) is 1. The first kappa shape index (κ1) is 17.3. The zero-order valence-corrected chi connectivity index (χ0v) is 16.6. The van der Waals surface area contributed by atoms with Gasteiger partial charge in [-0.3, -0.25) is 0 Å². The molecule has 0 radical (unpaired) electrons. The van der Waals surface area contributed by atoms with Gasteiger partial charge in [0, 0.05) is 11.6 Å². The minimum atomic E-state index is -3.61. The molecule has 2 aromatic carbocycles. The Morgan fingerprint density at radius 3 is 2.42 bits per heavy atom. The van der Waals surface area contributed by atoms with Gasteiger partial charge in [-0.2, -0.15) is 0 Å². The third-order valence-electron chi connectivity index (χ3n) is 5.78. The van der Waals surface area contributed by atoms with E-state index < -0.39 is 10.0 Å². The number of benzene rings is 2. The molecule has 4 rings (SSSR count). The summed E-state index contributed by atoms with van der Waals surface area (Å²) in [6.45, 7) is 8.56. The summed E-state index contributed by atoms with van der Waals surface area (Å²) >= 11 is 0. The fourth-order valence-corrected chi connectivity index (χ4v) is 5.80. The summed E-state index contributed by atoms with van der Waals surface area (Å²) in [5, 5.41) is 1.07. The van der Waals surface area contributed by atoms with Gasteiger partial charge in [-0.05, 0) is 66.5 Å². The van der Waals surface area contributed by atoms with Gasteiger partial charge in [0.05, 0.1) is 10.4 Å². The molecule has 0 spiro atoms. The van der Waals surface area contributed by atoms with Crippen LogP contribution in [0.4, 0.5) is 0 Å². The Balaban J connectivity index is 2.05. The Kier molecular flexibility index (Phi) is 3.99. The molecule has 3 aromatic rings. The summed E-state index contributed by atoms with van der Waals surface area (Å²) in [7, 11) is -3.61. The summed E-state index contributed by atoms with van der Waals surface area (Å²) in [5.74, 6) is 0.843. The van der Waals surface area contributed by atoms with E-state index in [-0.39, 0.29) is 0 Å². The molecular weight excluding hydrogens is 342 g/mol. The third kappa shape index (κ3) is 2.43. The van der Waals surface area contributed by atoms with E-state index in [9.17, 15) is 8.42 Å². The fourth-order valence-electron chi connectivity index (χ4n) is 4.43. The number of aryl methyl sites for hydroxylation is 2. The maximum Gasteiger partial charge on any atom is 0.268 e. The van der Waals surface area contributed by atoms with Crippen molar-refractivity contribution >= 4 is 20.9 Å². The van der Waals surface area contributed by atoms with Gasteiger partial charge in [0.25, 0.3) is 10.0 Å². The van der Waals surface area contributed by atoms with Crippen LogP contribution < -0.4 is 0 Å². The second-order valence-electron chi connectivity index (χ2n) is 7.62. The second kappa shape index (κ2) is 5.98. The van der Waals surface area contributed by atoms with Gasteiger partial charge >= 0.3 is 0 Å². The molecule has 0 N–H and O–H groups in total. The molecule has 0 saturated heterocycles. The van der Waals surface area contributed by atoms with Crippen molar-refractivity contribution < 1.29 is 8.42 Å². The molecule has 0 amide bonds. The molecule has 0 unspecified atom stereocenters. The van der Waals surface area contributed by atoms with Crippen LogP contribution in [0.15, 0.2) is 47.5 Å². The standard InChI is InChI=1S/C22H25NO2S/c1-5-17-13-20-15(3)12-16(4)21(20)22-19(17)10-11-23(22)26(24,25)18-8-6-14(2)7-9-18/h6-11,13,15-16H,5,12H2,1-4H3/t15-,16+/m1/s1. The van der Waals surface area contributed by atoms with E-state index in [4.69, 9.17) is 0 Å². The SMILES string of the molecule is CCc1cc2c(c3c1ccn3S(=O)(=O)c1ccc(C)cc1)[C@@H](C)C[C@H]2C. The molecule has 2 atom stereocenters. The van der Waals surface area contributed by atoms with Crippen molar-refractivity contribution in [1.29, 1.82) is 0 Å². The monoisotopic (exact) mass is 367 g/mol. The van der Waals surface area contributed by atoms with Crippen LogP contribution in [0.1, 0.15) is 61.3 Å². The minimum absolute atomic E-state index is 0.343. The van der Waals surface area contributed by atoms with Gasteiger partial charge in [0.1, 0.15) is 0 Å². The highest BCUT2D eigenvalue weighted by molar-refractivity contribution is 7.90. The third-order valence-corrected chi connectivity index (χ3v) is 7.47. The molecule has 136 valence electrons. The molecular formula is C22H25NO2S. The first-order chi connectivity index (χ1) is 12.3.